The van der Waals surface area contributed by atoms with Gasteiger partial charge in [0.1, 0.15) is 0 Å². The van der Waals surface area contributed by atoms with Gasteiger partial charge in [-0.1, -0.05) is 13.8 Å². The highest BCUT2D eigenvalue weighted by atomic mass is 16.2. The van der Waals surface area contributed by atoms with Crippen LogP contribution in [0, 0.1) is 13.8 Å². The van der Waals surface area contributed by atoms with Gasteiger partial charge in [0.2, 0.25) is 5.95 Å². The minimum atomic E-state index is -0.231. The number of aromatic nitrogens is 2. The van der Waals surface area contributed by atoms with E-state index in [0.717, 1.165) is 36.7 Å². The number of likely N-dealkylation sites (N-methyl/N-ethyl adjacent to an activating group) is 1. The highest BCUT2D eigenvalue weighted by Gasteiger charge is 2.09. The molecule has 0 atom stereocenters. The van der Waals surface area contributed by atoms with Crippen LogP contribution in [0.2, 0.25) is 0 Å². The van der Waals surface area contributed by atoms with Gasteiger partial charge in [-0.15, -0.1) is 0 Å². The number of amides is 2. The molecule has 0 aliphatic carbocycles. The number of nitrogens with zero attached hydrogens (tertiary/aromatic N) is 3. The van der Waals surface area contributed by atoms with Crippen LogP contribution < -0.4 is 16.0 Å². The summed E-state index contributed by atoms with van der Waals surface area (Å²) in [7, 11) is 0. The van der Waals surface area contributed by atoms with Crippen LogP contribution >= 0.6 is 0 Å². The second-order valence-corrected chi connectivity index (χ2v) is 7.99. The van der Waals surface area contributed by atoms with E-state index in [1.807, 2.05) is 32.0 Å². The van der Waals surface area contributed by atoms with E-state index >= 15 is 0 Å². The number of carbonyl (C=O) groups excluding carboxylic acids is 2. The van der Waals surface area contributed by atoms with Crippen LogP contribution in [0.4, 0.5) is 17.3 Å². The number of carbonyl (C=O) groups is 2. The molecule has 178 valence electrons. The molecule has 0 saturated heterocycles. The Kier molecular flexibility index (Phi) is 8.70. The number of hydrogen-bond donors (Lipinski definition) is 3. The third-order valence-electron chi connectivity index (χ3n) is 5.40. The van der Waals surface area contributed by atoms with Gasteiger partial charge in [0.15, 0.2) is 0 Å². The molecule has 0 radical (unpaired) electrons. The highest BCUT2D eigenvalue weighted by Crippen LogP contribution is 2.16. The Morgan fingerprint density at radius 3 is 1.88 bits per heavy atom. The Hall–Kier alpha value is -3.78. The lowest BCUT2D eigenvalue weighted by molar-refractivity contribution is 0.0948. The van der Waals surface area contributed by atoms with Crippen molar-refractivity contribution < 1.29 is 9.59 Å². The van der Waals surface area contributed by atoms with Gasteiger partial charge in [-0.3, -0.25) is 9.59 Å². The van der Waals surface area contributed by atoms with Crippen LogP contribution in [0.1, 0.15) is 46.0 Å². The Morgan fingerprint density at radius 2 is 1.32 bits per heavy atom. The molecule has 0 bridgehead atoms. The van der Waals surface area contributed by atoms with E-state index in [2.05, 4.69) is 44.7 Å². The maximum absolute atomic E-state index is 12.6. The molecule has 0 aliphatic heterocycles. The fourth-order valence-corrected chi connectivity index (χ4v) is 3.49. The molecule has 0 fully saturated rings. The zero-order valence-electron chi connectivity index (χ0n) is 20.2. The molecule has 8 nitrogen and oxygen atoms in total. The van der Waals surface area contributed by atoms with Crippen LogP contribution in [0.5, 0.6) is 0 Å². The summed E-state index contributed by atoms with van der Waals surface area (Å²) >= 11 is 0. The Balaban J connectivity index is 1.53. The molecule has 0 spiro atoms. The van der Waals surface area contributed by atoms with E-state index in [1.165, 1.54) is 0 Å². The average molecular weight is 461 g/mol. The van der Waals surface area contributed by atoms with Crippen LogP contribution in [0.3, 0.4) is 0 Å². The minimum absolute atomic E-state index is 0.124. The second kappa shape index (κ2) is 11.9. The zero-order valence-corrected chi connectivity index (χ0v) is 20.2. The number of benzene rings is 2. The summed E-state index contributed by atoms with van der Waals surface area (Å²) in [4.78, 5) is 35.9. The van der Waals surface area contributed by atoms with Gasteiger partial charge in [-0.25, -0.2) is 9.97 Å². The van der Waals surface area contributed by atoms with Gasteiger partial charge in [-0.2, -0.15) is 0 Å². The second-order valence-electron chi connectivity index (χ2n) is 7.99. The summed E-state index contributed by atoms with van der Waals surface area (Å²) in [5.74, 6) is 0.165. The van der Waals surface area contributed by atoms with Gasteiger partial charge >= 0.3 is 0 Å². The molecule has 2 amide bonds. The average Bonchev–Trinajstić information content (AvgIpc) is 2.82. The van der Waals surface area contributed by atoms with Gasteiger partial charge < -0.3 is 20.9 Å². The predicted molar refractivity (Wildman–Crippen MR) is 136 cm³/mol. The van der Waals surface area contributed by atoms with Crippen LogP contribution in [0.15, 0.2) is 54.6 Å². The van der Waals surface area contributed by atoms with Crippen molar-refractivity contribution in [2.45, 2.75) is 27.7 Å². The molecule has 0 unspecified atom stereocenters. The lowest BCUT2D eigenvalue weighted by Crippen LogP contribution is -2.34. The molecule has 3 N–H and O–H groups in total. The topological polar surface area (TPSA) is 99.2 Å². The normalized spacial score (nSPS) is 10.7. The Morgan fingerprint density at radius 1 is 0.794 bits per heavy atom. The van der Waals surface area contributed by atoms with Crippen LogP contribution in [-0.2, 0) is 0 Å². The SMILES string of the molecule is CCN(CC)CCNC(=O)c1ccc(NC(=O)c2ccc(Nc3nc(C)cc(C)n3)cc2)cc1. The first kappa shape index (κ1) is 24.9. The van der Waals surface area contributed by atoms with Crippen molar-refractivity contribution in [2.75, 3.05) is 36.8 Å². The zero-order chi connectivity index (χ0) is 24.5. The standard InChI is InChI=1S/C26H32N6O2/c1-5-32(6-2)16-15-27-24(33)20-7-11-22(12-8-20)30-25(34)21-9-13-23(14-10-21)31-26-28-18(3)17-19(4)29-26/h7-14,17H,5-6,15-16H2,1-4H3,(H,27,33)(H,30,34)(H,28,29,31). The first-order valence-corrected chi connectivity index (χ1v) is 11.5. The lowest BCUT2D eigenvalue weighted by Gasteiger charge is -2.18. The number of hydrogen-bond acceptors (Lipinski definition) is 6. The van der Waals surface area contributed by atoms with Crippen molar-refractivity contribution in [1.29, 1.82) is 0 Å². The lowest BCUT2D eigenvalue weighted by atomic mass is 10.1. The molecule has 3 aromatic rings. The highest BCUT2D eigenvalue weighted by molar-refractivity contribution is 6.04. The van der Waals surface area contributed by atoms with E-state index in [9.17, 15) is 9.59 Å². The first-order chi connectivity index (χ1) is 16.4. The molecule has 1 aromatic heterocycles. The minimum Gasteiger partial charge on any atom is -0.351 e. The molecular weight excluding hydrogens is 428 g/mol. The molecule has 8 heteroatoms. The van der Waals surface area contributed by atoms with E-state index in [0.29, 0.717) is 29.3 Å². The molecular formula is C26H32N6O2. The van der Waals surface area contributed by atoms with Crippen molar-refractivity contribution in [2.24, 2.45) is 0 Å². The van der Waals surface area contributed by atoms with Gasteiger partial charge in [-0.05, 0) is 81.5 Å². The summed E-state index contributed by atoms with van der Waals surface area (Å²) in [6.45, 7) is 11.4. The molecule has 0 saturated carbocycles. The molecule has 3 rings (SSSR count). The maximum Gasteiger partial charge on any atom is 0.255 e. The third kappa shape index (κ3) is 7.11. The van der Waals surface area contributed by atoms with E-state index in [4.69, 9.17) is 0 Å². The summed E-state index contributed by atoms with van der Waals surface area (Å²) in [6.07, 6.45) is 0. The van der Waals surface area contributed by atoms with Crippen molar-refractivity contribution in [1.82, 2.24) is 20.2 Å². The van der Waals surface area contributed by atoms with E-state index in [1.54, 1.807) is 36.4 Å². The number of nitrogens with one attached hydrogen (secondary N) is 3. The predicted octanol–water partition coefficient (Wildman–Crippen LogP) is 4.16. The Labute approximate surface area is 200 Å². The fourth-order valence-electron chi connectivity index (χ4n) is 3.49. The summed E-state index contributed by atoms with van der Waals surface area (Å²) in [6, 6.07) is 15.9. The van der Waals surface area contributed by atoms with E-state index in [-0.39, 0.29) is 11.8 Å². The quantitative estimate of drug-likeness (QED) is 0.420. The smallest absolute Gasteiger partial charge is 0.255 e. The summed E-state index contributed by atoms with van der Waals surface area (Å²) in [5, 5.41) is 8.94. The number of anilines is 3. The maximum atomic E-state index is 12.6. The number of rotatable bonds is 10. The van der Waals surface area contributed by atoms with Gasteiger partial charge in [0.05, 0.1) is 0 Å². The van der Waals surface area contributed by atoms with E-state index < -0.39 is 0 Å². The molecule has 1 heterocycles. The van der Waals surface area contributed by atoms with Crippen molar-refractivity contribution in [3.63, 3.8) is 0 Å². The van der Waals surface area contributed by atoms with Crippen LogP contribution in [-0.4, -0.2) is 52.9 Å². The molecule has 34 heavy (non-hydrogen) atoms. The largest absolute Gasteiger partial charge is 0.351 e. The number of aryl methyl sites for hydroxylation is 2. The summed E-state index contributed by atoms with van der Waals surface area (Å²) < 4.78 is 0. The van der Waals surface area contributed by atoms with Crippen molar-refractivity contribution >= 4 is 29.1 Å². The molecule has 0 aliphatic rings. The first-order valence-electron chi connectivity index (χ1n) is 11.5. The summed E-state index contributed by atoms with van der Waals surface area (Å²) in [5.41, 5.74) is 4.25. The van der Waals surface area contributed by atoms with Crippen molar-refractivity contribution in [3.8, 4) is 0 Å². The molecule has 2 aromatic carbocycles. The van der Waals surface area contributed by atoms with Gasteiger partial charge in [0, 0.05) is 47.0 Å². The fraction of sp³-hybridized carbons (Fsp3) is 0.308. The van der Waals surface area contributed by atoms with Gasteiger partial charge in [0.25, 0.3) is 11.8 Å². The monoisotopic (exact) mass is 460 g/mol. The third-order valence-corrected chi connectivity index (χ3v) is 5.40. The Bertz CT molecular complexity index is 1090. The van der Waals surface area contributed by atoms with Crippen LogP contribution in [0.25, 0.3) is 0 Å². The van der Waals surface area contributed by atoms with Crippen molar-refractivity contribution in [3.05, 3.63) is 77.1 Å².